The van der Waals surface area contributed by atoms with E-state index in [0.717, 1.165) is 0 Å². The highest BCUT2D eigenvalue weighted by atomic mass is 35.5. The number of aromatic nitrogens is 3. The summed E-state index contributed by atoms with van der Waals surface area (Å²) < 4.78 is 34.1. The van der Waals surface area contributed by atoms with E-state index in [2.05, 4.69) is 49.0 Å². The minimum absolute atomic E-state index is 0.0838. The third-order valence-corrected chi connectivity index (χ3v) is 12.9. The van der Waals surface area contributed by atoms with Gasteiger partial charge in [-0.2, -0.15) is 0 Å². The molecule has 0 spiro atoms. The molecule has 2 atom stereocenters. The van der Waals surface area contributed by atoms with E-state index in [4.69, 9.17) is 25.3 Å². The van der Waals surface area contributed by atoms with Gasteiger partial charge in [-0.05, 0) is 57.1 Å². The van der Waals surface area contributed by atoms with E-state index < -0.39 is 37.9 Å². The highest BCUT2D eigenvalue weighted by molar-refractivity contribution is 6.74. The molecular formula is C31H44ClFN4O5Si. The molecule has 0 aliphatic heterocycles. The van der Waals surface area contributed by atoms with Gasteiger partial charge >= 0.3 is 6.09 Å². The molecule has 2 aromatic heterocycles. The van der Waals surface area contributed by atoms with Crippen molar-refractivity contribution in [1.82, 2.24) is 20.0 Å². The summed E-state index contributed by atoms with van der Waals surface area (Å²) in [5, 5.41) is 13.8. The van der Waals surface area contributed by atoms with Crippen LogP contribution in [-0.4, -0.2) is 65.3 Å². The summed E-state index contributed by atoms with van der Waals surface area (Å²) in [4.78, 5) is 22.1. The fourth-order valence-corrected chi connectivity index (χ4v) is 5.96. The number of nitrogens with zero attached hydrogens (tertiary/aromatic N) is 4. The van der Waals surface area contributed by atoms with Gasteiger partial charge in [0.25, 0.3) is 0 Å². The van der Waals surface area contributed by atoms with Crippen LogP contribution in [0.2, 0.25) is 23.3 Å². The van der Waals surface area contributed by atoms with Crippen LogP contribution in [0, 0.1) is 32.0 Å². The first-order valence-corrected chi connectivity index (χ1v) is 17.5. The molecule has 1 aromatic carbocycles. The Morgan fingerprint density at radius 2 is 1.77 bits per heavy atom. The van der Waals surface area contributed by atoms with Gasteiger partial charge in [0, 0.05) is 18.0 Å². The Labute approximate surface area is 259 Å². The molecule has 1 N–H and O–H groups in total. The van der Waals surface area contributed by atoms with E-state index in [0.29, 0.717) is 34.0 Å². The number of rotatable bonds is 9. The van der Waals surface area contributed by atoms with E-state index in [1.807, 2.05) is 20.8 Å². The average molecular weight is 635 g/mol. The van der Waals surface area contributed by atoms with Crippen molar-refractivity contribution >= 4 is 26.0 Å². The van der Waals surface area contributed by atoms with Crippen molar-refractivity contribution in [3.63, 3.8) is 0 Å². The topological polar surface area (TPSA) is 111 Å². The number of amides is 1. The Bertz CT molecular complexity index is 1460. The normalized spacial score (nSPS) is 14.0. The van der Waals surface area contributed by atoms with E-state index in [9.17, 15) is 9.90 Å². The third-order valence-electron chi connectivity index (χ3n) is 8.02. The van der Waals surface area contributed by atoms with Crippen molar-refractivity contribution < 1.29 is 28.0 Å². The van der Waals surface area contributed by atoms with Crippen molar-refractivity contribution in [2.75, 3.05) is 13.6 Å². The maximum atomic E-state index is 15.4. The van der Waals surface area contributed by atoms with Crippen LogP contribution < -0.4 is 4.74 Å². The number of likely N-dealkylation sites (N-methyl/N-ethyl adjacent to an activating group) is 1. The minimum Gasteiger partial charge on any atom is -0.487 e. The van der Waals surface area contributed by atoms with Crippen LogP contribution in [0.1, 0.15) is 58.6 Å². The van der Waals surface area contributed by atoms with Crippen molar-refractivity contribution in [1.29, 1.82) is 0 Å². The van der Waals surface area contributed by atoms with Gasteiger partial charge in [0.1, 0.15) is 34.7 Å². The zero-order valence-corrected chi connectivity index (χ0v) is 29.0. The molecule has 12 heteroatoms. The van der Waals surface area contributed by atoms with Gasteiger partial charge in [-0.25, -0.2) is 19.2 Å². The molecule has 9 nitrogen and oxygen atoms in total. The largest absolute Gasteiger partial charge is 0.487 e. The number of carboxylic acid groups (broad SMARTS) is 1. The van der Waals surface area contributed by atoms with E-state index in [1.165, 1.54) is 30.1 Å². The average Bonchev–Trinajstić information content (AvgIpc) is 3.20. The highest BCUT2D eigenvalue weighted by Crippen LogP contribution is 2.40. The van der Waals surface area contributed by atoms with Gasteiger partial charge in [0.05, 0.1) is 29.1 Å². The van der Waals surface area contributed by atoms with Crippen molar-refractivity contribution in [3.8, 4) is 28.4 Å². The zero-order chi connectivity index (χ0) is 32.7. The van der Waals surface area contributed by atoms with Crippen molar-refractivity contribution in [2.45, 2.75) is 92.7 Å². The maximum absolute atomic E-state index is 15.4. The Balaban J connectivity index is 2.11. The number of ether oxygens (including phenoxy) is 1. The summed E-state index contributed by atoms with van der Waals surface area (Å²) >= 11 is 6.52. The highest BCUT2D eigenvalue weighted by Gasteiger charge is 2.44. The predicted molar refractivity (Wildman–Crippen MR) is 169 cm³/mol. The summed E-state index contributed by atoms with van der Waals surface area (Å²) in [7, 11) is -0.853. The number of carbonyl (C=O) groups is 1. The second-order valence-electron chi connectivity index (χ2n) is 13.6. The zero-order valence-electron chi connectivity index (χ0n) is 27.2. The molecule has 0 fully saturated rings. The molecule has 3 rings (SSSR count). The first kappa shape index (κ1) is 34.5. The summed E-state index contributed by atoms with van der Waals surface area (Å²) in [5.41, 5.74) is 2.05. The van der Waals surface area contributed by atoms with Gasteiger partial charge in [-0.15, -0.1) is 0 Å². The molecule has 1 amide bonds. The van der Waals surface area contributed by atoms with E-state index >= 15 is 4.39 Å². The SMILES string of the molecule is Cc1noc(C)c1-c1nc(-c2cc(OC(C(CN(C)C(=O)O)O[Si](C)(C)C(C)(C)C)C(C)(C)C)ccc2F)nc(Cl)c1C. The Hall–Kier alpha value is -3.02. The Morgan fingerprint density at radius 3 is 2.28 bits per heavy atom. The first-order valence-electron chi connectivity index (χ1n) is 14.2. The van der Waals surface area contributed by atoms with Crippen LogP contribution in [0.4, 0.5) is 9.18 Å². The standard InChI is InChI=1S/C31H44ClFN4O5Si/c1-17-25(24-18(2)36-41-19(24)3)34-28(35-27(17)32)21-15-20(13-14-22(21)33)40-26(30(4,5)6)23(16-37(10)29(38)39)42-43(11,12)31(7,8)9/h13-15,23,26H,16H2,1-12H3,(H,38,39). The Morgan fingerprint density at radius 1 is 1.14 bits per heavy atom. The maximum Gasteiger partial charge on any atom is 0.407 e. The van der Waals surface area contributed by atoms with Gasteiger partial charge < -0.3 is 23.7 Å². The number of hydrogen-bond donors (Lipinski definition) is 1. The van der Waals surface area contributed by atoms with Crippen LogP contribution >= 0.6 is 11.6 Å². The molecule has 0 aliphatic rings. The van der Waals surface area contributed by atoms with Gasteiger partial charge in [0.2, 0.25) is 0 Å². The minimum atomic E-state index is -2.36. The lowest BCUT2D eigenvalue weighted by Crippen LogP contribution is -2.55. The third kappa shape index (κ3) is 7.74. The quantitative estimate of drug-likeness (QED) is 0.185. The van der Waals surface area contributed by atoms with Crippen LogP contribution in [0.5, 0.6) is 5.75 Å². The summed E-state index contributed by atoms with van der Waals surface area (Å²) in [6, 6.07) is 4.37. The second kappa shape index (κ2) is 12.5. The molecule has 0 aliphatic carbocycles. The molecule has 2 heterocycles. The van der Waals surface area contributed by atoms with E-state index in [1.54, 1.807) is 20.8 Å². The molecule has 236 valence electrons. The molecule has 0 saturated heterocycles. The fraction of sp³-hybridized carbons (Fsp3) is 0.548. The number of benzene rings is 1. The van der Waals surface area contributed by atoms with Gasteiger partial charge in [-0.1, -0.05) is 58.3 Å². The summed E-state index contributed by atoms with van der Waals surface area (Å²) in [5.74, 6) is 0.452. The smallest absolute Gasteiger partial charge is 0.407 e. The molecule has 0 saturated carbocycles. The molecule has 43 heavy (non-hydrogen) atoms. The number of hydrogen-bond acceptors (Lipinski definition) is 7. The number of halogens is 2. The van der Waals surface area contributed by atoms with Crippen molar-refractivity contribution in [3.05, 3.63) is 46.2 Å². The van der Waals surface area contributed by atoms with Crippen LogP contribution in [-0.2, 0) is 4.43 Å². The van der Waals surface area contributed by atoms with E-state index in [-0.39, 0.29) is 28.1 Å². The predicted octanol–water partition coefficient (Wildman–Crippen LogP) is 8.31. The van der Waals surface area contributed by atoms with Crippen LogP contribution in [0.15, 0.2) is 22.7 Å². The molecule has 0 radical (unpaired) electrons. The lowest BCUT2D eigenvalue weighted by molar-refractivity contribution is -0.0300. The second-order valence-corrected chi connectivity index (χ2v) is 18.8. The molecular weight excluding hydrogens is 591 g/mol. The lowest BCUT2D eigenvalue weighted by atomic mass is 9.85. The molecule has 3 aromatic rings. The van der Waals surface area contributed by atoms with Crippen LogP contribution in [0.3, 0.4) is 0 Å². The van der Waals surface area contributed by atoms with Gasteiger partial charge in [-0.3, -0.25) is 0 Å². The number of aryl methyl sites for hydroxylation is 2. The monoisotopic (exact) mass is 634 g/mol. The van der Waals surface area contributed by atoms with Crippen LogP contribution in [0.25, 0.3) is 22.6 Å². The molecule has 2 unspecified atom stereocenters. The summed E-state index contributed by atoms with van der Waals surface area (Å²) in [6.07, 6.45) is -2.27. The fourth-order valence-electron chi connectivity index (χ4n) is 4.48. The summed E-state index contributed by atoms with van der Waals surface area (Å²) in [6.45, 7) is 22.1. The lowest BCUT2D eigenvalue weighted by Gasteiger charge is -2.45. The molecule has 0 bridgehead atoms. The Kier molecular flexibility index (Phi) is 10.0. The first-order chi connectivity index (χ1) is 19.6. The van der Waals surface area contributed by atoms with Crippen molar-refractivity contribution in [2.24, 2.45) is 5.41 Å². The van der Waals surface area contributed by atoms with Gasteiger partial charge in [0.15, 0.2) is 14.1 Å².